The van der Waals surface area contributed by atoms with Crippen LogP contribution in [-0.2, 0) is 20.9 Å². The van der Waals surface area contributed by atoms with E-state index >= 15 is 0 Å². The summed E-state index contributed by atoms with van der Waals surface area (Å²) in [7, 11) is 0. The van der Waals surface area contributed by atoms with E-state index in [2.05, 4.69) is 0 Å². The molecule has 0 bridgehead atoms. The molecule has 0 saturated heterocycles. The van der Waals surface area contributed by atoms with Gasteiger partial charge in [-0.25, -0.2) is 4.79 Å². The fraction of sp³-hybridized carbons (Fsp3) is 0.0312. The van der Waals surface area contributed by atoms with Crippen molar-refractivity contribution in [3.8, 4) is 0 Å². The molecule has 0 fully saturated rings. The Hall–Kier alpha value is -3.97. The van der Waals surface area contributed by atoms with Crippen LogP contribution in [0.4, 0.5) is 0 Å². The van der Waals surface area contributed by atoms with Crippen molar-refractivity contribution in [3.63, 3.8) is 0 Å². The zero-order valence-electron chi connectivity index (χ0n) is 21.1. The van der Waals surface area contributed by atoms with Crippen LogP contribution in [0.1, 0.15) is 27.0 Å². The van der Waals surface area contributed by atoms with Crippen molar-refractivity contribution in [2.45, 2.75) is 6.61 Å². The molecule has 190 valence electrons. The summed E-state index contributed by atoms with van der Waals surface area (Å²) >= 11 is 0. The van der Waals surface area contributed by atoms with Crippen LogP contribution in [0.5, 0.6) is 0 Å². The number of carboxylic acid groups (broad SMARTS) is 2. The number of benzene rings is 4. The zero-order chi connectivity index (χ0) is 27.2. The van der Waals surface area contributed by atoms with Gasteiger partial charge in [0.1, 0.15) is 6.61 Å². The van der Waals surface area contributed by atoms with Crippen LogP contribution in [0, 0.1) is 0 Å². The van der Waals surface area contributed by atoms with Gasteiger partial charge >= 0.3 is 43.7 Å². The second kappa shape index (κ2) is 16.8. The minimum absolute atomic E-state index is 0. The van der Waals surface area contributed by atoms with Gasteiger partial charge in [0.2, 0.25) is 0 Å². The number of carboxylic acids is 2. The molecule has 0 unspecified atom stereocenters. The van der Waals surface area contributed by atoms with Gasteiger partial charge in [0.15, 0.2) is 0 Å². The predicted molar refractivity (Wildman–Crippen MR) is 147 cm³/mol. The van der Waals surface area contributed by atoms with Crippen LogP contribution in [0.3, 0.4) is 0 Å². The van der Waals surface area contributed by atoms with Gasteiger partial charge in [-0.15, -0.1) is 0 Å². The van der Waals surface area contributed by atoms with Crippen molar-refractivity contribution >= 4 is 67.8 Å². The van der Waals surface area contributed by atoms with Gasteiger partial charge in [0.25, 0.3) is 0 Å². The molecule has 0 heterocycles. The third-order valence-corrected chi connectivity index (χ3v) is 5.17. The minimum Gasteiger partial charge on any atom is -0.545 e. The van der Waals surface area contributed by atoms with E-state index in [0.717, 1.165) is 5.56 Å². The topological polar surface area (TPSA) is 107 Å². The second-order valence-corrected chi connectivity index (χ2v) is 7.94. The summed E-state index contributed by atoms with van der Waals surface area (Å²) in [6.07, 6.45) is 2.91. The molecule has 0 amide bonds. The molecule has 39 heavy (non-hydrogen) atoms. The van der Waals surface area contributed by atoms with Gasteiger partial charge < -0.3 is 24.5 Å². The van der Waals surface area contributed by atoms with Crippen LogP contribution in [-0.4, -0.2) is 55.6 Å². The average Bonchev–Trinajstić information content (AvgIpc) is 2.96. The van der Waals surface area contributed by atoms with Gasteiger partial charge in [0.05, 0.1) is 17.5 Å². The van der Waals surface area contributed by atoms with Gasteiger partial charge in [-0.1, -0.05) is 121 Å². The van der Waals surface area contributed by atoms with Crippen molar-refractivity contribution in [2.75, 3.05) is 0 Å². The maximum atomic E-state index is 12.8. The quantitative estimate of drug-likeness (QED) is 0.146. The van der Waals surface area contributed by atoms with Crippen molar-refractivity contribution in [1.82, 2.24) is 0 Å². The Morgan fingerprint density at radius 3 is 1.41 bits per heavy atom. The maximum Gasteiger partial charge on any atom is 2.00 e. The zero-order valence-corrected chi connectivity index (χ0v) is 23.3. The van der Waals surface area contributed by atoms with E-state index in [1.165, 1.54) is 24.3 Å². The van der Waals surface area contributed by atoms with E-state index in [1.54, 1.807) is 66.7 Å². The fourth-order valence-electron chi connectivity index (χ4n) is 3.30. The summed E-state index contributed by atoms with van der Waals surface area (Å²) in [5, 5.41) is 22.0. The standard InChI is InChI=1S/C25H20O4.C7H6O2.Ca/c26-24(27)22(16-19-10-4-1-5-11-19)23(17-20-12-6-2-7-13-20)25(28)29-18-21-14-8-3-9-15-21;8-7(9)6-4-2-1-3-5-6;/h1-17H,18H2,(H,26,27);1-5H,(H,8,9);/q;;+2/p-2/b22-16-,23-17-;;. The molecule has 6 nitrogen and oxygen atoms in total. The van der Waals surface area contributed by atoms with E-state index in [4.69, 9.17) is 4.74 Å². The number of ether oxygens (including phenoxy) is 1. The Bertz CT molecular complexity index is 1400. The van der Waals surface area contributed by atoms with E-state index in [9.17, 15) is 24.6 Å². The van der Waals surface area contributed by atoms with Gasteiger partial charge in [-0.3, -0.25) is 0 Å². The number of hydrogen-bond donors (Lipinski definition) is 0. The molecular weight excluding hydrogens is 520 g/mol. The molecule has 0 radical (unpaired) electrons. The van der Waals surface area contributed by atoms with E-state index in [1.807, 2.05) is 42.5 Å². The fourth-order valence-corrected chi connectivity index (χ4v) is 3.30. The van der Waals surface area contributed by atoms with Gasteiger partial charge in [-0.2, -0.15) is 0 Å². The molecule has 4 aromatic carbocycles. The molecule has 7 heteroatoms. The molecule has 0 spiro atoms. The van der Waals surface area contributed by atoms with Crippen LogP contribution >= 0.6 is 0 Å². The minimum atomic E-state index is -1.45. The number of esters is 1. The van der Waals surface area contributed by atoms with Gasteiger partial charge in [0, 0.05) is 5.57 Å². The van der Waals surface area contributed by atoms with E-state index < -0.39 is 17.9 Å². The number of carbonyl (C=O) groups is 3. The van der Waals surface area contributed by atoms with Crippen LogP contribution in [0.25, 0.3) is 12.2 Å². The molecule has 0 aromatic heterocycles. The molecular formula is C32H24CaO6. The molecule has 0 saturated carbocycles. The monoisotopic (exact) mass is 544 g/mol. The first-order valence-electron chi connectivity index (χ1n) is 11.7. The van der Waals surface area contributed by atoms with Crippen molar-refractivity contribution in [2.24, 2.45) is 0 Å². The number of aliphatic carboxylic acids is 1. The molecule has 0 N–H and O–H groups in total. The normalized spacial score (nSPS) is 10.8. The van der Waals surface area contributed by atoms with E-state index in [0.29, 0.717) is 11.1 Å². The Balaban J connectivity index is 0.000000453. The van der Waals surface area contributed by atoms with Crippen LogP contribution in [0.2, 0.25) is 0 Å². The first-order chi connectivity index (χ1) is 18.4. The molecule has 4 rings (SSSR count). The molecule has 0 aliphatic rings. The number of hydrogen-bond acceptors (Lipinski definition) is 6. The summed E-state index contributed by atoms with van der Waals surface area (Å²) in [5.74, 6) is -3.31. The predicted octanol–water partition coefficient (Wildman–Crippen LogP) is 3.32. The Labute approximate surface area is 256 Å². The summed E-state index contributed by atoms with van der Waals surface area (Å²) in [6.45, 7) is 0.0392. The van der Waals surface area contributed by atoms with Crippen molar-refractivity contribution < 1.29 is 29.3 Å². The third kappa shape index (κ3) is 10.7. The first-order valence-corrected chi connectivity index (χ1v) is 11.7. The van der Waals surface area contributed by atoms with Gasteiger partial charge in [-0.05, 0) is 34.4 Å². The number of aromatic carboxylic acids is 1. The van der Waals surface area contributed by atoms with Crippen LogP contribution < -0.4 is 10.2 Å². The van der Waals surface area contributed by atoms with Crippen molar-refractivity contribution in [3.05, 3.63) is 155 Å². The second-order valence-electron chi connectivity index (χ2n) is 7.94. The third-order valence-electron chi connectivity index (χ3n) is 5.17. The Morgan fingerprint density at radius 2 is 1.00 bits per heavy atom. The molecule has 0 aliphatic heterocycles. The number of rotatable bonds is 8. The van der Waals surface area contributed by atoms with E-state index in [-0.39, 0.29) is 61.1 Å². The molecule has 4 aromatic rings. The SMILES string of the molecule is O=C([O-])C(=C\c1ccccc1)/C(=C/c1ccccc1)C(=O)OCc1ccccc1.O=C([O-])c1ccccc1.[Ca+2]. The Morgan fingerprint density at radius 1 is 0.590 bits per heavy atom. The average molecular weight is 545 g/mol. The maximum absolute atomic E-state index is 12.8. The largest absolute Gasteiger partial charge is 2.00 e. The summed E-state index contributed by atoms with van der Waals surface area (Å²) < 4.78 is 5.39. The summed E-state index contributed by atoms with van der Waals surface area (Å²) in [5.41, 5.74) is 2.04. The summed E-state index contributed by atoms with van der Waals surface area (Å²) in [6, 6.07) is 35.1. The Kier molecular flexibility index (Phi) is 13.4. The molecule has 0 aliphatic carbocycles. The number of carbonyl (C=O) groups excluding carboxylic acids is 3. The van der Waals surface area contributed by atoms with Crippen molar-refractivity contribution in [1.29, 1.82) is 0 Å². The first kappa shape index (κ1) is 31.2. The smallest absolute Gasteiger partial charge is 0.545 e. The molecule has 0 atom stereocenters. The van der Waals surface area contributed by atoms with Crippen LogP contribution in [0.15, 0.2) is 132 Å². The summed E-state index contributed by atoms with van der Waals surface area (Å²) in [4.78, 5) is 34.8.